The number of H-pyrrole nitrogens is 1. The predicted octanol–water partition coefficient (Wildman–Crippen LogP) is 3.48. The second kappa shape index (κ2) is 4.98. The maximum absolute atomic E-state index is 11.1. The number of halogens is 2. The lowest BCUT2D eigenvalue weighted by Crippen LogP contribution is -2.11. The smallest absolute Gasteiger partial charge is 0.408 e. The molecule has 0 saturated carbocycles. The minimum absolute atomic E-state index is 0.380. The number of nitrogens with one attached hydrogen (secondary N) is 1. The van der Waals surface area contributed by atoms with Gasteiger partial charge >= 0.3 is 5.76 Å². The molecular weight excluding hydrogens is 299 g/mol. The SMILES string of the molecule is NC(c1ccc(Cl)c(Cl)c1)c1ccc2[nH]c(=O)oc2c1. The molecule has 0 aliphatic carbocycles. The second-order valence-electron chi connectivity index (χ2n) is 4.42. The highest BCUT2D eigenvalue weighted by molar-refractivity contribution is 6.42. The summed E-state index contributed by atoms with van der Waals surface area (Å²) in [5, 5.41) is 0.934. The summed E-state index contributed by atoms with van der Waals surface area (Å²) < 4.78 is 5.02. The van der Waals surface area contributed by atoms with Gasteiger partial charge in [-0.3, -0.25) is 4.98 Å². The van der Waals surface area contributed by atoms with Crippen LogP contribution in [0.1, 0.15) is 17.2 Å². The van der Waals surface area contributed by atoms with E-state index in [4.69, 9.17) is 33.4 Å². The molecule has 1 unspecified atom stereocenters. The Hall–Kier alpha value is -1.75. The number of hydrogen-bond donors (Lipinski definition) is 2. The van der Waals surface area contributed by atoms with Crippen molar-refractivity contribution in [1.29, 1.82) is 0 Å². The molecule has 1 heterocycles. The van der Waals surface area contributed by atoms with Crippen LogP contribution in [0.4, 0.5) is 0 Å². The topological polar surface area (TPSA) is 72.0 Å². The molecule has 20 heavy (non-hydrogen) atoms. The van der Waals surface area contributed by atoms with Crippen molar-refractivity contribution in [2.24, 2.45) is 5.73 Å². The molecule has 1 aromatic heterocycles. The van der Waals surface area contributed by atoms with Crippen LogP contribution in [0.3, 0.4) is 0 Å². The van der Waals surface area contributed by atoms with Crippen LogP contribution in [-0.4, -0.2) is 4.98 Å². The molecule has 102 valence electrons. The number of benzene rings is 2. The van der Waals surface area contributed by atoms with Crippen LogP contribution in [0.2, 0.25) is 10.0 Å². The first kappa shape index (κ1) is 13.2. The van der Waals surface area contributed by atoms with Crippen molar-refractivity contribution in [3.8, 4) is 0 Å². The molecule has 0 aliphatic heterocycles. The maximum atomic E-state index is 11.1. The third kappa shape index (κ3) is 2.33. The van der Waals surface area contributed by atoms with Crippen molar-refractivity contribution in [1.82, 2.24) is 4.98 Å². The van der Waals surface area contributed by atoms with Crippen LogP contribution in [0.15, 0.2) is 45.6 Å². The zero-order valence-corrected chi connectivity index (χ0v) is 11.7. The van der Waals surface area contributed by atoms with Crippen molar-refractivity contribution in [3.63, 3.8) is 0 Å². The summed E-state index contributed by atoms with van der Waals surface area (Å²) >= 11 is 11.9. The number of oxazole rings is 1. The van der Waals surface area contributed by atoms with E-state index in [1.807, 2.05) is 12.1 Å². The number of hydrogen-bond acceptors (Lipinski definition) is 3. The molecule has 6 heteroatoms. The minimum atomic E-state index is -0.486. The summed E-state index contributed by atoms with van der Waals surface area (Å²) in [6.07, 6.45) is 0. The molecule has 2 aromatic carbocycles. The first-order valence-electron chi connectivity index (χ1n) is 5.88. The molecule has 1 atom stereocenters. The third-order valence-electron chi connectivity index (χ3n) is 3.11. The fourth-order valence-electron chi connectivity index (χ4n) is 2.05. The van der Waals surface area contributed by atoms with Gasteiger partial charge in [-0.1, -0.05) is 35.3 Å². The van der Waals surface area contributed by atoms with Gasteiger partial charge in [0, 0.05) is 0 Å². The van der Waals surface area contributed by atoms with E-state index in [0.717, 1.165) is 11.1 Å². The van der Waals surface area contributed by atoms with Gasteiger partial charge in [0.05, 0.1) is 21.6 Å². The third-order valence-corrected chi connectivity index (χ3v) is 3.85. The number of aromatic amines is 1. The molecule has 0 saturated heterocycles. The summed E-state index contributed by atoms with van der Waals surface area (Å²) in [5.74, 6) is -0.486. The number of fused-ring (bicyclic) bond motifs is 1. The number of rotatable bonds is 2. The molecule has 0 fully saturated rings. The van der Waals surface area contributed by atoms with E-state index in [1.54, 1.807) is 24.3 Å². The lowest BCUT2D eigenvalue weighted by Gasteiger charge is -2.13. The largest absolute Gasteiger partial charge is 0.417 e. The molecule has 0 radical (unpaired) electrons. The lowest BCUT2D eigenvalue weighted by molar-refractivity contribution is 0.555. The summed E-state index contributed by atoms with van der Waals surface area (Å²) in [6, 6.07) is 10.2. The molecule has 4 nitrogen and oxygen atoms in total. The highest BCUT2D eigenvalue weighted by atomic mass is 35.5. The first-order valence-corrected chi connectivity index (χ1v) is 6.63. The summed E-state index contributed by atoms with van der Waals surface area (Å²) in [5.41, 5.74) is 8.96. The molecule has 0 amide bonds. The Morgan fingerprint density at radius 1 is 1.05 bits per heavy atom. The summed E-state index contributed by atoms with van der Waals surface area (Å²) in [4.78, 5) is 13.7. The van der Waals surface area contributed by atoms with Gasteiger partial charge < -0.3 is 10.2 Å². The maximum Gasteiger partial charge on any atom is 0.417 e. The highest BCUT2D eigenvalue weighted by Gasteiger charge is 2.12. The molecule has 0 aliphatic rings. The van der Waals surface area contributed by atoms with Crippen LogP contribution < -0.4 is 11.5 Å². The predicted molar refractivity (Wildman–Crippen MR) is 79.3 cm³/mol. The Labute approximate surface area is 124 Å². The van der Waals surface area contributed by atoms with Gasteiger partial charge in [0.15, 0.2) is 5.58 Å². The van der Waals surface area contributed by atoms with Gasteiger partial charge in [-0.2, -0.15) is 0 Å². The van der Waals surface area contributed by atoms with Gasteiger partial charge in [0.2, 0.25) is 0 Å². The van der Waals surface area contributed by atoms with Crippen LogP contribution in [-0.2, 0) is 0 Å². The summed E-state index contributed by atoms with van der Waals surface area (Å²) in [7, 11) is 0. The minimum Gasteiger partial charge on any atom is -0.408 e. The van der Waals surface area contributed by atoms with Crippen LogP contribution in [0.25, 0.3) is 11.1 Å². The van der Waals surface area contributed by atoms with Crippen LogP contribution in [0.5, 0.6) is 0 Å². The zero-order valence-electron chi connectivity index (χ0n) is 10.2. The average molecular weight is 309 g/mol. The number of nitrogens with two attached hydrogens (primary N) is 1. The second-order valence-corrected chi connectivity index (χ2v) is 5.24. The quantitative estimate of drug-likeness (QED) is 0.761. The Balaban J connectivity index is 2.04. The van der Waals surface area contributed by atoms with Gasteiger partial charge in [-0.15, -0.1) is 0 Å². The Bertz CT molecular complexity index is 839. The molecule has 3 aromatic rings. The Morgan fingerprint density at radius 3 is 2.50 bits per heavy atom. The van der Waals surface area contributed by atoms with Gasteiger partial charge in [0.25, 0.3) is 0 Å². The summed E-state index contributed by atoms with van der Waals surface area (Å²) in [6.45, 7) is 0. The van der Waals surface area contributed by atoms with Gasteiger partial charge in [0.1, 0.15) is 0 Å². The van der Waals surface area contributed by atoms with E-state index in [9.17, 15) is 4.79 Å². The van der Waals surface area contributed by atoms with Gasteiger partial charge in [-0.25, -0.2) is 4.79 Å². The van der Waals surface area contributed by atoms with E-state index in [-0.39, 0.29) is 6.04 Å². The molecule has 0 spiro atoms. The van der Waals surface area contributed by atoms with Crippen molar-refractivity contribution >= 4 is 34.3 Å². The van der Waals surface area contributed by atoms with Crippen molar-refractivity contribution in [2.75, 3.05) is 0 Å². The van der Waals surface area contributed by atoms with E-state index < -0.39 is 5.76 Å². The zero-order chi connectivity index (χ0) is 14.3. The molecule has 3 rings (SSSR count). The van der Waals surface area contributed by atoms with E-state index in [2.05, 4.69) is 4.98 Å². The van der Waals surface area contributed by atoms with Crippen molar-refractivity contribution < 1.29 is 4.42 Å². The van der Waals surface area contributed by atoms with Crippen LogP contribution in [0, 0.1) is 0 Å². The molecule has 0 bridgehead atoms. The molecular formula is C14H10Cl2N2O2. The normalized spacial score (nSPS) is 12.8. The average Bonchev–Trinajstić information content (AvgIpc) is 2.80. The molecule has 3 N–H and O–H groups in total. The Morgan fingerprint density at radius 2 is 1.75 bits per heavy atom. The van der Waals surface area contributed by atoms with E-state index >= 15 is 0 Å². The standard InChI is InChI=1S/C14H10Cl2N2O2/c15-9-3-1-7(5-10(9)16)13(17)8-2-4-11-12(6-8)20-14(19)18-11/h1-6,13H,17H2,(H,18,19). The van der Waals surface area contributed by atoms with E-state index in [1.165, 1.54) is 0 Å². The highest BCUT2D eigenvalue weighted by Crippen LogP contribution is 2.28. The van der Waals surface area contributed by atoms with Gasteiger partial charge in [-0.05, 0) is 35.4 Å². The van der Waals surface area contributed by atoms with Crippen molar-refractivity contribution in [3.05, 3.63) is 68.1 Å². The fourth-order valence-corrected chi connectivity index (χ4v) is 2.36. The van der Waals surface area contributed by atoms with Crippen molar-refractivity contribution in [2.45, 2.75) is 6.04 Å². The fraction of sp³-hybridized carbons (Fsp3) is 0.0714. The number of aromatic nitrogens is 1. The first-order chi connectivity index (χ1) is 9.54. The lowest BCUT2D eigenvalue weighted by atomic mass is 9.99. The van der Waals surface area contributed by atoms with Crippen LogP contribution >= 0.6 is 23.2 Å². The Kier molecular flexibility index (Phi) is 3.30. The van der Waals surface area contributed by atoms with E-state index in [0.29, 0.717) is 21.1 Å². The monoisotopic (exact) mass is 308 g/mol.